The second-order valence-corrected chi connectivity index (χ2v) is 6.88. The molecule has 1 N–H and O–H groups in total. The fourth-order valence-electron chi connectivity index (χ4n) is 2.76. The van der Waals surface area contributed by atoms with Crippen LogP contribution in [0.15, 0.2) is 54.9 Å². The summed E-state index contributed by atoms with van der Waals surface area (Å²) in [7, 11) is 1.58. The van der Waals surface area contributed by atoms with Gasteiger partial charge in [0, 0.05) is 18.9 Å². The van der Waals surface area contributed by atoms with Gasteiger partial charge in [0.25, 0.3) is 0 Å². The summed E-state index contributed by atoms with van der Waals surface area (Å²) in [5.41, 5.74) is 1.71. The number of rotatable bonds is 8. The molecule has 0 saturated heterocycles. The van der Waals surface area contributed by atoms with Crippen molar-refractivity contribution in [2.24, 2.45) is 0 Å². The van der Waals surface area contributed by atoms with E-state index in [0.717, 1.165) is 5.56 Å². The Morgan fingerprint density at radius 3 is 2.57 bits per heavy atom. The van der Waals surface area contributed by atoms with Gasteiger partial charge in [0.05, 0.1) is 18.6 Å². The van der Waals surface area contributed by atoms with E-state index in [2.05, 4.69) is 10.4 Å². The van der Waals surface area contributed by atoms with Crippen molar-refractivity contribution in [2.75, 3.05) is 31.5 Å². The molecule has 1 aromatic heterocycles. The number of aromatic nitrogens is 2. The third-order valence-electron chi connectivity index (χ3n) is 3.96. The first-order valence-corrected chi connectivity index (χ1v) is 10.9. The zero-order valence-electron chi connectivity index (χ0n) is 17.5. The van der Waals surface area contributed by atoms with Crippen LogP contribution in [0.1, 0.15) is 12.5 Å². The maximum absolute atomic E-state index is 11.7. The van der Waals surface area contributed by atoms with Gasteiger partial charge in [-0.25, -0.2) is 4.68 Å². The van der Waals surface area contributed by atoms with Crippen molar-refractivity contribution in [3.8, 4) is 17.2 Å². The second-order valence-electron chi connectivity index (χ2n) is 6.06. The third kappa shape index (κ3) is 5.90. The Balaban J connectivity index is 0.00000101. The number of anilines is 1. The van der Waals surface area contributed by atoms with E-state index in [9.17, 15) is 10.1 Å². The van der Waals surface area contributed by atoms with Gasteiger partial charge in [-0.05, 0) is 55.3 Å². The van der Waals surface area contributed by atoms with E-state index in [1.54, 1.807) is 55.5 Å². The SMILES string of the molecule is CCOc1cc(CNc2cccc(-n3cccn3)c2[N+](=O)[O-])ccc1OC.CSC. The number of methoxy groups -OCH3 is 1. The molecule has 1 heterocycles. The van der Waals surface area contributed by atoms with Gasteiger partial charge in [0.15, 0.2) is 11.5 Å². The molecular formula is C21H26N4O4S. The number of hydrogen-bond acceptors (Lipinski definition) is 7. The van der Waals surface area contributed by atoms with E-state index in [0.29, 0.717) is 36.0 Å². The maximum Gasteiger partial charge on any atom is 0.317 e. The fraction of sp³-hybridized carbons (Fsp3) is 0.286. The van der Waals surface area contributed by atoms with Gasteiger partial charge in [-0.3, -0.25) is 10.1 Å². The molecule has 0 saturated carbocycles. The molecule has 0 atom stereocenters. The van der Waals surface area contributed by atoms with E-state index in [1.807, 2.05) is 37.6 Å². The highest BCUT2D eigenvalue weighted by Crippen LogP contribution is 2.32. The van der Waals surface area contributed by atoms with Gasteiger partial charge < -0.3 is 14.8 Å². The van der Waals surface area contributed by atoms with Gasteiger partial charge in [0.1, 0.15) is 11.4 Å². The number of para-hydroxylation sites is 1. The Bertz CT molecular complexity index is 948. The number of thioether (sulfide) groups is 1. The molecule has 0 bridgehead atoms. The Labute approximate surface area is 180 Å². The monoisotopic (exact) mass is 430 g/mol. The topological polar surface area (TPSA) is 91.5 Å². The molecule has 0 unspecified atom stereocenters. The van der Waals surface area contributed by atoms with Crippen molar-refractivity contribution in [2.45, 2.75) is 13.5 Å². The summed E-state index contributed by atoms with van der Waals surface area (Å²) in [5, 5.41) is 18.9. The Morgan fingerprint density at radius 2 is 1.97 bits per heavy atom. The number of nitrogens with one attached hydrogen (secondary N) is 1. The van der Waals surface area contributed by atoms with Gasteiger partial charge in [-0.2, -0.15) is 16.9 Å². The Kier molecular flexibility index (Phi) is 9.02. The predicted octanol–water partition coefficient (Wildman–Crippen LogP) is 4.78. The molecule has 30 heavy (non-hydrogen) atoms. The van der Waals surface area contributed by atoms with Crippen LogP contribution in [0.25, 0.3) is 5.69 Å². The quantitative estimate of drug-likeness (QED) is 0.406. The van der Waals surface area contributed by atoms with Gasteiger partial charge in [-0.1, -0.05) is 12.1 Å². The number of ether oxygens (including phenoxy) is 2. The standard InChI is InChI=1S/C19H20N4O4.C2H6S/c1-3-27-18-12-14(8-9-17(18)26-2)13-20-15-6-4-7-16(19(15)23(24)25)22-11-5-10-21-22;1-3-2/h4-12,20H,3,13H2,1-2H3;1-2H3. The molecule has 0 spiro atoms. The molecule has 3 aromatic rings. The zero-order valence-corrected chi connectivity index (χ0v) is 18.3. The summed E-state index contributed by atoms with van der Waals surface area (Å²) >= 11 is 1.75. The summed E-state index contributed by atoms with van der Waals surface area (Å²) in [6.07, 6.45) is 7.33. The molecule has 9 heteroatoms. The van der Waals surface area contributed by atoms with Crippen molar-refractivity contribution in [1.29, 1.82) is 0 Å². The molecule has 3 rings (SSSR count). The number of benzene rings is 2. The Morgan fingerprint density at radius 1 is 1.20 bits per heavy atom. The van der Waals surface area contributed by atoms with Gasteiger partial charge in [0.2, 0.25) is 0 Å². The summed E-state index contributed by atoms with van der Waals surface area (Å²) < 4.78 is 12.3. The molecule has 0 amide bonds. The molecule has 0 aliphatic heterocycles. The first kappa shape index (κ1) is 23.1. The summed E-state index contributed by atoms with van der Waals surface area (Å²) in [6.45, 7) is 2.81. The number of hydrogen-bond donors (Lipinski definition) is 1. The van der Waals surface area contributed by atoms with E-state index >= 15 is 0 Å². The van der Waals surface area contributed by atoms with Crippen LogP contribution in [0.2, 0.25) is 0 Å². The molecule has 0 aliphatic rings. The first-order valence-electron chi connectivity index (χ1n) is 9.26. The van der Waals surface area contributed by atoms with E-state index in [4.69, 9.17) is 9.47 Å². The lowest BCUT2D eigenvalue weighted by Crippen LogP contribution is -2.07. The smallest absolute Gasteiger partial charge is 0.317 e. The minimum absolute atomic E-state index is 0.0280. The molecular weight excluding hydrogens is 404 g/mol. The van der Waals surface area contributed by atoms with Crippen molar-refractivity contribution >= 4 is 23.1 Å². The predicted molar refractivity (Wildman–Crippen MR) is 121 cm³/mol. The van der Waals surface area contributed by atoms with Crippen molar-refractivity contribution in [3.05, 3.63) is 70.5 Å². The highest BCUT2D eigenvalue weighted by Gasteiger charge is 2.21. The zero-order chi connectivity index (χ0) is 21.9. The summed E-state index contributed by atoms with van der Waals surface area (Å²) in [6, 6.07) is 12.4. The lowest BCUT2D eigenvalue weighted by atomic mass is 10.1. The lowest BCUT2D eigenvalue weighted by Gasteiger charge is -2.13. The number of nitro benzene ring substituents is 1. The second kappa shape index (κ2) is 11.7. The number of nitrogens with zero attached hydrogens (tertiary/aromatic N) is 3. The van der Waals surface area contributed by atoms with E-state index in [1.165, 1.54) is 4.68 Å². The van der Waals surface area contributed by atoms with Crippen molar-refractivity contribution < 1.29 is 14.4 Å². The van der Waals surface area contributed by atoms with Crippen LogP contribution >= 0.6 is 11.8 Å². The molecule has 8 nitrogen and oxygen atoms in total. The average molecular weight is 431 g/mol. The lowest BCUT2D eigenvalue weighted by molar-refractivity contribution is -0.383. The largest absolute Gasteiger partial charge is 0.493 e. The molecule has 2 aromatic carbocycles. The van der Waals surface area contributed by atoms with E-state index in [-0.39, 0.29) is 5.69 Å². The third-order valence-corrected chi connectivity index (χ3v) is 3.96. The van der Waals surface area contributed by atoms with Crippen LogP contribution in [0.4, 0.5) is 11.4 Å². The van der Waals surface area contributed by atoms with Crippen LogP contribution in [-0.2, 0) is 6.54 Å². The van der Waals surface area contributed by atoms with Gasteiger partial charge >= 0.3 is 5.69 Å². The van der Waals surface area contributed by atoms with Crippen LogP contribution in [0.3, 0.4) is 0 Å². The highest BCUT2D eigenvalue weighted by molar-refractivity contribution is 7.97. The highest BCUT2D eigenvalue weighted by atomic mass is 32.2. The molecule has 0 radical (unpaired) electrons. The first-order chi connectivity index (χ1) is 14.5. The minimum atomic E-state index is -0.404. The fourth-order valence-corrected chi connectivity index (χ4v) is 2.76. The maximum atomic E-state index is 11.7. The number of nitro groups is 1. The summed E-state index contributed by atoms with van der Waals surface area (Å²) in [4.78, 5) is 11.3. The molecule has 160 valence electrons. The van der Waals surface area contributed by atoms with Crippen LogP contribution in [0.5, 0.6) is 11.5 Å². The Hall–Kier alpha value is -3.20. The van der Waals surface area contributed by atoms with Crippen LogP contribution in [0, 0.1) is 10.1 Å². The van der Waals surface area contributed by atoms with Crippen LogP contribution < -0.4 is 14.8 Å². The van der Waals surface area contributed by atoms with E-state index < -0.39 is 4.92 Å². The van der Waals surface area contributed by atoms with Crippen molar-refractivity contribution in [3.63, 3.8) is 0 Å². The van der Waals surface area contributed by atoms with Gasteiger partial charge in [-0.15, -0.1) is 0 Å². The summed E-state index contributed by atoms with van der Waals surface area (Å²) in [5.74, 6) is 1.28. The normalized spacial score (nSPS) is 10.0. The molecule has 0 fully saturated rings. The van der Waals surface area contributed by atoms with Crippen LogP contribution in [-0.4, -0.2) is 40.9 Å². The average Bonchev–Trinajstić information content (AvgIpc) is 3.27. The van der Waals surface area contributed by atoms with Crippen molar-refractivity contribution in [1.82, 2.24) is 9.78 Å². The minimum Gasteiger partial charge on any atom is -0.493 e. The molecule has 0 aliphatic carbocycles.